The Labute approximate surface area is 226 Å². The van der Waals surface area contributed by atoms with Gasteiger partial charge in [0, 0.05) is 13.3 Å². The lowest BCUT2D eigenvalue weighted by Crippen LogP contribution is -2.50. The van der Waals surface area contributed by atoms with Crippen LogP contribution in [0.4, 0.5) is 4.79 Å². The minimum Gasteiger partial charge on any atom is -0.466 e. The van der Waals surface area contributed by atoms with Crippen molar-refractivity contribution in [1.82, 2.24) is 15.3 Å². The maximum Gasteiger partial charge on any atom is 0.342 e. The maximum atomic E-state index is 13.4. The third-order valence-corrected chi connectivity index (χ3v) is 7.35. The van der Waals surface area contributed by atoms with E-state index < -0.39 is 6.04 Å². The zero-order valence-electron chi connectivity index (χ0n) is 22.9. The van der Waals surface area contributed by atoms with Crippen LogP contribution in [0.3, 0.4) is 0 Å². The molecule has 1 heterocycles. The fraction of sp³-hybridized carbons (Fsp3) is 0.655. The molecule has 0 bridgehead atoms. The summed E-state index contributed by atoms with van der Waals surface area (Å²) in [5.74, 6) is -0.501. The average Bonchev–Trinajstić information content (AvgIpc) is 3.13. The molecule has 0 spiro atoms. The van der Waals surface area contributed by atoms with Crippen LogP contribution in [0.2, 0.25) is 0 Å². The largest absolute Gasteiger partial charge is 0.466 e. The highest BCUT2D eigenvalue weighted by Crippen LogP contribution is 2.29. The first-order valence-corrected chi connectivity index (χ1v) is 14.2. The normalized spacial score (nSPS) is 19.1. The number of benzene rings is 1. The number of rotatable bonds is 15. The Morgan fingerprint density at radius 2 is 1.74 bits per heavy atom. The van der Waals surface area contributed by atoms with E-state index in [0.29, 0.717) is 26.0 Å². The quantitative estimate of drug-likeness (QED) is 0.199. The predicted octanol–water partition coefficient (Wildman–Crippen LogP) is 4.74. The Morgan fingerprint density at radius 3 is 2.42 bits per heavy atom. The van der Waals surface area contributed by atoms with Gasteiger partial charge < -0.3 is 9.47 Å². The molecule has 0 aromatic heterocycles. The van der Waals surface area contributed by atoms with Crippen LogP contribution in [0.25, 0.3) is 0 Å². The number of hydrazine groups is 1. The third-order valence-electron chi connectivity index (χ3n) is 7.35. The number of urea groups is 1. The minimum atomic E-state index is -0.624. The number of unbranched alkanes of at least 4 members (excludes halogenated alkanes) is 3. The molecule has 1 N–H and O–H groups in total. The van der Waals surface area contributed by atoms with Crippen molar-refractivity contribution in [2.75, 3.05) is 13.2 Å². The zero-order chi connectivity index (χ0) is 27.3. The van der Waals surface area contributed by atoms with Gasteiger partial charge in [0.25, 0.3) is 5.91 Å². The van der Waals surface area contributed by atoms with E-state index in [4.69, 9.17) is 9.47 Å². The van der Waals surface area contributed by atoms with E-state index in [2.05, 4.69) is 5.43 Å². The van der Waals surface area contributed by atoms with Gasteiger partial charge >= 0.3 is 18.0 Å². The average molecular weight is 530 g/mol. The van der Waals surface area contributed by atoms with Crippen molar-refractivity contribution in [2.45, 2.75) is 103 Å². The third kappa shape index (κ3) is 8.82. The molecule has 9 heteroatoms. The fourth-order valence-corrected chi connectivity index (χ4v) is 5.40. The molecule has 2 fully saturated rings. The van der Waals surface area contributed by atoms with Gasteiger partial charge in [-0.15, -0.1) is 0 Å². The Bertz CT molecular complexity index is 918. The number of hydrogen-bond acceptors (Lipinski definition) is 7. The van der Waals surface area contributed by atoms with Gasteiger partial charge in [0.1, 0.15) is 12.1 Å². The molecule has 9 nitrogen and oxygen atoms in total. The van der Waals surface area contributed by atoms with Crippen molar-refractivity contribution < 1.29 is 28.7 Å². The van der Waals surface area contributed by atoms with Gasteiger partial charge in [0.15, 0.2) is 0 Å². The first-order valence-electron chi connectivity index (χ1n) is 14.2. The van der Waals surface area contributed by atoms with Crippen molar-refractivity contribution in [2.24, 2.45) is 5.92 Å². The molecule has 1 aliphatic carbocycles. The summed E-state index contributed by atoms with van der Waals surface area (Å²) >= 11 is 0. The molecule has 2 unspecified atom stereocenters. The van der Waals surface area contributed by atoms with E-state index in [9.17, 15) is 19.2 Å². The van der Waals surface area contributed by atoms with Crippen molar-refractivity contribution >= 4 is 23.9 Å². The van der Waals surface area contributed by atoms with Crippen molar-refractivity contribution in [3.8, 4) is 0 Å². The summed E-state index contributed by atoms with van der Waals surface area (Å²) in [6.45, 7) is 4.09. The highest BCUT2D eigenvalue weighted by molar-refractivity contribution is 6.03. The maximum absolute atomic E-state index is 13.4. The van der Waals surface area contributed by atoms with E-state index in [-0.39, 0.29) is 42.4 Å². The van der Waals surface area contributed by atoms with Crippen LogP contribution in [0.1, 0.15) is 90.0 Å². The summed E-state index contributed by atoms with van der Waals surface area (Å²) in [6, 6.07) is 8.47. The van der Waals surface area contributed by atoms with Crippen molar-refractivity contribution in [3.05, 3.63) is 35.9 Å². The van der Waals surface area contributed by atoms with E-state index in [1.807, 2.05) is 30.3 Å². The van der Waals surface area contributed by atoms with Gasteiger partial charge in [-0.3, -0.25) is 19.3 Å². The fourth-order valence-electron chi connectivity index (χ4n) is 5.40. The molecule has 210 valence electrons. The first-order chi connectivity index (χ1) is 18.4. The van der Waals surface area contributed by atoms with E-state index in [0.717, 1.165) is 56.9 Å². The smallest absolute Gasteiger partial charge is 0.342 e. The lowest BCUT2D eigenvalue weighted by Gasteiger charge is -2.32. The number of amides is 3. The summed E-state index contributed by atoms with van der Waals surface area (Å²) < 4.78 is 10.6. The summed E-state index contributed by atoms with van der Waals surface area (Å²) in [7, 11) is 0. The molecule has 1 aliphatic heterocycles. The summed E-state index contributed by atoms with van der Waals surface area (Å²) in [5.41, 5.74) is 4.08. The molecule has 2 atom stereocenters. The monoisotopic (exact) mass is 529 g/mol. The summed E-state index contributed by atoms with van der Waals surface area (Å²) in [6.07, 6.45) is 9.13. The predicted molar refractivity (Wildman–Crippen MR) is 142 cm³/mol. The molecule has 1 saturated carbocycles. The van der Waals surface area contributed by atoms with Gasteiger partial charge in [0.05, 0.1) is 19.7 Å². The van der Waals surface area contributed by atoms with Crippen molar-refractivity contribution in [3.63, 3.8) is 0 Å². The molecule has 1 aromatic rings. The summed E-state index contributed by atoms with van der Waals surface area (Å²) in [4.78, 5) is 51.5. The molecule has 3 amide bonds. The molecule has 1 aromatic carbocycles. The second-order valence-electron chi connectivity index (χ2n) is 10.2. The van der Waals surface area contributed by atoms with Crippen molar-refractivity contribution in [1.29, 1.82) is 0 Å². The molecule has 38 heavy (non-hydrogen) atoms. The van der Waals surface area contributed by atoms with Gasteiger partial charge in [-0.1, -0.05) is 68.9 Å². The highest BCUT2D eigenvalue weighted by atomic mass is 16.5. The minimum absolute atomic E-state index is 0.184. The SMILES string of the molecule is CCOC(=O)CCCCCCC1C(=O)N(Cc2ccccc2)C(=O)N1NCC(OC(C)=O)C1CCCCC1. The topological polar surface area (TPSA) is 105 Å². The Balaban J connectivity index is 1.63. The van der Waals surface area contributed by atoms with Crippen LogP contribution >= 0.6 is 0 Å². The lowest BCUT2D eigenvalue weighted by atomic mass is 9.85. The second kappa shape index (κ2) is 15.5. The Kier molecular flexibility index (Phi) is 12.1. The zero-order valence-corrected chi connectivity index (χ0v) is 22.9. The Morgan fingerprint density at radius 1 is 1.03 bits per heavy atom. The highest BCUT2D eigenvalue weighted by Gasteiger charge is 2.45. The molecule has 1 saturated heterocycles. The lowest BCUT2D eigenvalue weighted by molar-refractivity contribution is -0.150. The molecular formula is C29H43N3O6. The number of carbonyl (C=O) groups excluding carboxylic acids is 4. The van der Waals surface area contributed by atoms with Gasteiger partial charge in [-0.25, -0.2) is 15.2 Å². The number of esters is 2. The number of hydrogen-bond donors (Lipinski definition) is 1. The molecule has 3 rings (SSSR count). The number of carbonyl (C=O) groups is 4. The van der Waals surface area contributed by atoms with E-state index >= 15 is 0 Å². The number of ether oxygens (including phenoxy) is 2. The van der Waals surface area contributed by atoms with Crippen LogP contribution < -0.4 is 5.43 Å². The van der Waals surface area contributed by atoms with Gasteiger partial charge in [0.2, 0.25) is 0 Å². The molecular weight excluding hydrogens is 486 g/mol. The van der Waals surface area contributed by atoms with Gasteiger partial charge in [-0.2, -0.15) is 0 Å². The van der Waals surface area contributed by atoms with Crippen LogP contribution in [-0.4, -0.2) is 59.1 Å². The van der Waals surface area contributed by atoms with Crippen LogP contribution in [-0.2, 0) is 30.4 Å². The van der Waals surface area contributed by atoms with Crippen LogP contribution in [0.5, 0.6) is 0 Å². The summed E-state index contributed by atoms with van der Waals surface area (Å²) in [5, 5.41) is 1.45. The van der Waals surface area contributed by atoms with Crippen LogP contribution in [0, 0.1) is 5.92 Å². The standard InChI is InChI=1S/C29H43N3O6/c1-3-37-27(34)19-13-5-4-12-18-25-28(35)31(21-23-14-8-6-9-15-23)29(36)32(25)30-20-26(38-22(2)33)24-16-10-7-11-17-24/h6,8-9,14-15,24-26,30H,3-5,7,10-13,16-21H2,1-2H3. The van der Waals surface area contributed by atoms with E-state index in [1.165, 1.54) is 23.3 Å². The number of nitrogens with zero attached hydrogens (tertiary/aromatic N) is 2. The van der Waals surface area contributed by atoms with E-state index in [1.54, 1.807) is 6.92 Å². The Hall–Kier alpha value is -2.94. The molecule has 0 radical (unpaired) electrons. The first kappa shape index (κ1) is 29.6. The second-order valence-corrected chi connectivity index (χ2v) is 10.2. The van der Waals surface area contributed by atoms with Gasteiger partial charge in [-0.05, 0) is 44.1 Å². The number of imide groups is 1. The van der Waals surface area contributed by atoms with Crippen LogP contribution in [0.15, 0.2) is 30.3 Å². The number of nitrogens with one attached hydrogen (secondary N) is 1. The molecule has 2 aliphatic rings.